The van der Waals surface area contributed by atoms with Crippen LogP contribution in [-0.2, 0) is 16.8 Å². The first-order chi connectivity index (χ1) is 14.8. The first kappa shape index (κ1) is 20.0. The van der Waals surface area contributed by atoms with Crippen LogP contribution in [0.2, 0.25) is 0 Å². The van der Waals surface area contributed by atoms with Gasteiger partial charge in [0.15, 0.2) is 5.54 Å². The zero-order valence-corrected chi connectivity index (χ0v) is 17.1. The zero-order valence-electron chi connectivity index (χ0n) is 17.1. The van der Waals surface area contributed by atoms with Crippen molar-refractivity contribution in [1.82, 2.24) is 0 Å². The molecule has 0 spiro atoms. The highest BCUT2D eigenvalue weighted by Crippen LogP contribution is 2.29. The van der Waals surface area contributed by atoms with Crippen LogP contribution in [0.5, 0.6) is 0 Å². The molecule has 4 rings (SSSR count). The Bertz CT molecular complexity index is 1030. The molecule has 3 nitrogen and oxygen atoms in total. The minimum Gasteiger partial charge on any atom is -0.299 e. The molecule has 30 heavy (non-hydrogen) atoms. The molecule has 0 saturated heterocycles. The van der Waals surface area contributed by atoms with E-state index in [1.807, 2.05) is 60.9 Å². The SMILES string of the molecule is O=C(CCCCC1(c2ccccc2)[NH+]=CN=C1c1ccccc1)Cc1ccccc1. The quantitative estimate of drug-likeness (QED) is 0.549. The number of benzene rings is 3. The molecule has 0 fully saturated rings. The lowest BCUT2D eigenvalue weighted by molar-refractivity contribution is -0.532. The molecule has 3 aromatic rings. The van der Waals surface area contributed by atoms with E-state index in [-0.39, 0.29) is 5.54 Å². The van der Waals surface area contributed by atoms with Crippen molar-refractivity contribution in [3.05, 3.63) is 108 Å². The molecule has 0 aromatic heterocycles. The van der Waals surface area contributed by atoms with Crippen molar-refractivity contribution < 1.29 is 9.79 Å². The first-order valence-corrected chi connectivity index (χ1v) is 10.6. The van der Waals surface area contributed by atoms with Gasteiger partial charge in [-0.3, -0.25) is 9.79 Å². The predicted molar refractivity (Wildman–Crippen MR) is 122 cm³/mol. The molecule has 150 valence electrons. The van der Waals surface area contributed by atoms with Crippen LogP contribution in [-0.4, -0.2) is 17.8 Å². The molecule has 3 heteroatoms. The smallest absolute Gasteiger partial charge is 0.281 e. The third-order valence-electron chi connectivity index (χ3n) is 5.72. The second-order valence-corrected chi connectivity index (χ2v) is 7.80. The van der Waals surface area contributed by atoms with E-state index in [1.165, 1.54) is 5.56 Å². The average Bonchev–Trinajstić information content (AvgIpc) is 3.24. The maximum Gasteiger partial charge on any atom is 0.281 e. The number of hydrogen-bond donors (Lipinski definition) is 1. The summed E-state index contributed by atoms with van der Waals surface area (Å²) in [7, 11) is 0. The average molecular weight is 396 g/mol. The van der Waals surface area contributed by atoms with E-state index in [1.54, 1.807) is 0 Å². The van der Waals surface area contributed by atoms with Gasteiger partial charge in [-0.25, -0.2) is 0 Å². The highest BCUT2D eigenvalue weighted by Gasteiger charge is 2.45. The second kappa shape index (κ2) is 9.45. The molecule has 1 aliphatic rings. The van der Waals surface area contributed by atoms with E-state index in [0.717, 1.165) is 36.1 Å². The van der Waals surface area contributed by atoms with Gasteiger partial charge < -0.3 is 0 Å². The summed E-state index contributed by atoms with van der Waals surface area (Å²) in [5.74, 6) is 0.304. The number of rotatable bonds is 9. The van der Waals surface area contributed by atoms with Crippen molar-refractivity contribution in [2.45, 2.75) is 37.6 Å². The van der Waals surface area contributed by atoms with E-state index >= 15 is 0 Å². The summed E-state index contributed by atoms with van der Waals surface area (Å²) in [4.78, 5) is 20.7. The highest BCUT2D eigenvalue weighted by molar-refractivity contribution is 6.10. The summed E-state index contributed by atoms with van der Waals surface area (Å²) >= 11 is 0. The fraction of sp³-hybridized carbons (Fsp3) is 0.222. The van der Waals surface area contributed by atoms with Crippen LogP contribution in [0.15, 0.2) is 96.0 Å². The Morgan fingerprint density at radius 1 is 0.800 bits per heavy atom. The summed E-state index contributed by atoms with van der Waals surface area (Å²) < 4.78 is 0. The first-order valence-electron chi connectivity index (χ1n) is 10.6. The van der Waals surface area contributed by atoms with Gasteiger partial charge in [-0.2, -0.15) is 0 Å². The second-order valence-electron chi connectivity index (χ2n) is 7.80. The van der Waals surface area contributed by atoms with Gasteiger partial charge >= 0.3 is 0 Å². The molecule has 0 amide bonds. The summed E-state index contributed by atoms with van der Waals surface area (Å²) in [5, 5.41) is 0. The third kappa shape index (κ3) is 4.46. The fourth-order valence-corrected chi connectivity index (χ4v) is 4.20. The maximum atomic E-state index is 12.4. The van der Waals surface area contributed by atoms with E-state index in [0.29, 0.717) is 18.6 Å². The normalized spacial score (nSPS) is 17.7. The molecule has 0 radical (unpaired) electrons. The van der Waals surface area contributed by atoms with Gasteiger partial charge in [0, 0.05) is 30.4 Å². The Morgan fingerprint density at radius 2 is 1.43 bits per heavy atom. The number of carbonyl (C=O) groups excluding carboxylic acids is 1. The standard InChI is InChI=1S/C27H26N2O/c30-25(20-22-12-4-1-5-13-22)18-10-11-19-27(24-16-8-3-9-17-24)26(28-21-29-27)23-14-6-2-7-15-23/h1-9,12-17,21H,10-11,18-20H2/p+1. The van der Waals surface area contributed by atoms with Gasteiger partial charge in [-0.15, -0.1) is 0 Å². The van der Waals surface area contributed by atoms with Crippen LogP contribution < -0.4 is 4.99 Å². The molecular weight excluding hydrogens is 368 g/mol. The number of unbranched alkanes of at least 4 members (excludes halogenated alkanes) is 1. The molecular formula is C27H27N2O+. The number of nitrogens with one attached hydrogen (secondary N) is 1. The van der Waals surface area contributed by atoms with Gasteiger partial charge in [-0.1, -0.05) is 91.0 Å². The Morgan fingerprint density at radius 3 is 2.13 bits per heavy atom. The van der Waals surface area contributed by atoms with E-state index in [2.05, 4.69) is 41.4 Å². The molecule has 1 aliphatic heterocycles. The lowest BCUT2D eigenvalue weighted by atomic mass is 9.79. The number of aliphatic imine (C=N–C) groups is 1. The molecule has 0 aliphatic carbocycles. The number of Topliss-reactive ketones (excluding diaryl/α,β-unsaturated/α-hetero) is 1. The minimum atomic E-state index is -0.356. The summed E-state index contributed by atoms with van der Waals surface area (Å²) in [6.07, 6.45) is 5.66. The number of nitrogens with zero attached hydrogens (tertiary/aromatic N) is 1. The Balaban J connectivity index is 1.45. The summed E-state index contributed by atoms with van der Waals surface area (Å²) in [5.41, 5.74) is 4.11. The van der Waals surface area contributed by atoms with Gasteiger partial charge in [0.25, 0.3) is 6.34 Å². The van der Waals surface area contributed by atoms with Crippen LogP contribution in [0.4, 0.5) is 0 Å². The van der Waals surface area contributed by atoms with E-state index in [4.69, 9.17) is 4.99 Å². The van der Waals surface area contributed by atoms with E-state index in [9.17, 15) is 4.79 Å². The molecule has 1 heterocycles. The van der Waals surface area contributed by atoms with Crippen molar-refractivity contribution in [1.29, 1.82) is 0 Å². The van der Waals surface area contributed by atoms with Crippen molar-refractivity contribution in [3.63, 3.8) is 0 Å². The summed E-state index contributed by atoms with van der Waals surface area (Å²) in [6.45, 7) is 0. The molecule has 1 N–H and O–H groups in total. The van der Waals surface area contributed by atoms with Gasteiger partial charge in [0.2, 0.25) is 5.71 Å². The number of ketones is 1. The van der Waals surface area contributed by atoms with Crippen LogP contribution in [0.1, 0.15) is 42.4 Å². The third-order valence-corrected chi connectivity index (χ3v) is 5.72. The molecule has 0 bridgehead atoms. The summed E-state index contributed by atoms with van der Waals surface area (Å²) in [6, 6.07) is 30.8. The predicted octanol–water partition coefficient (Wildman–Crippen LogP) is 3.87. The Kier molecular flexibility index (Phi) is 6.29. The van der Waals surface area contributed by atoms with Gasteiger partial charge in [0.1, 0.15) is 5.78 Å². The van der Waals surface area contributed by atoms with Crippen LogP contribution in [0.25, 0.3) is 0 Å². The van der Waals surface area contributed by atoms with Crippen LogP contribution >= 0.6 is 0 Å². The lowest BCUT2D eigenvalue weighted by Crippen LogP contribution is -2.83. The molecule has 0 saturated carbocycles. The maximum absolute atomic E-state index is 12.4. The number of hydrogen-bond acceptors (Lipinski definition) is 2. The van der Waals surface area contributed by atoms with E-state index < -0.39 is 0 Å². The lowest BCUT2D eigenvalue weighted by Gasteiger charge is -2.24. The molecule has 1 atom stereocenters. The molecule has 3 aromatic carbocycles. The van der Waals surface area contributed by atoms with Crippen molar-refractivity contribution in [2.75, 3.05) is 0 Å². The topological polar surface area (TPSA) is 43.4 Å². The van der Waals surface area contributed by atoms with Gasteiger partial charge in [-0.05, 0) is 23.4 Å². The van der Waals surface area contributed by atoms with Crippen LogP contribution in [0, 0.1) is 0 Å². The monoisotopic (exact) mass is 395 g/mol. The Hall–Kier alpha value is -3.33. The van der Waals surface area contributed by atoms with Gasteiger partial charge in [0.05, 0.1) is 0 Å². The molecule has 1 unspecified atom stereocenters. The van der Waals surface area contributed by atoms with Crippen molar-refractivity contribution in [2.24, 2.45) is 4.99 Å². The zero-order chi connectivity index (χ0) is 20.7. The van der Waals surface area contributed by atoms with Crippen molar-refractivity contribution >= 4 is 17.8 Å². The largest absolute Gasteiger partial charge is 0.299 e. The number of carbonyl (C=O) groups is 1. The van der Waals surface area contributed by atoms with Crippen LogP contribution in [0.3, 0.4) is 0 Å². The fourth-order valence-electron chi connectivity index (χ4n) is 4.20. The Labute approximate surface area is 178 Å². The highest BCUT2D eigenvalue weighted by atomic mass is 16.1. The minimum absolute atomic E-state index is 0.304. The van der Waals surface area contributed by atoms with Crippen molar-refractivity contribution in [3.8, 4) is 0 Å².